The molecule has 5 aliphatic rings. The van der Waals surface area contributed by atoms with Crippen LogP contribution in [0.5, 0.6) is 0 Å². The van der Waals surface area contributed by atoms with Gasteiger partial charge in [0.1, 0.15) is 0 Å². The van der Waals surface area contributed by atoms with Crippen LogP contribution in [0.2, 0.25) is 0 Å². The lowest BCUT2D eigenvalue weighted by atomic mass is 9.47. The third-order valence-electron chi connectivity index (χ3n) is 7.47. The molecule has 1 aliphatic heterocycles. The molecule has 0 radical (unpaired) electrons. The molecule has 110 valence electrons. The van der Waals surface area contributed by atoms with E-state index in [9.17, 15) is 5.26 Å². The predicted octanol–water partition coefficient (Wildman–Crippen LogP) is 3.59. The van der Waals surface area contributed by atoms with Crippen LogP contribution in [0.1, 0.15) is 51.9 Å². The molecular weight excluding hydrogens is 244 g/mol. The summed E-state index contributed by atoms with van der Waals surface area (Å²) in [6, 6.07) is 2.79. The van der Waals surface area contributed by atoms with Crippen molar-refractivity contribution in [3.63, 3.8) is 0 Å². The minimum Gasteiger partial charge on any atom is -0.317 e. The molecule has 1 atom stereocenters. The Balaban J connectivity index is 1.59. The van der Waals surface area contributed by atoms with Crippen LogP contribution >= 0.6 is 0 Å². The third kappa shape index (κ3) is 1.86. The van der Waals surface area contributed by atoms with Crippen molar-refractivity contribution >= 4 is 0 Å². The zero-order chi connectivity index (χ0) is 13.7. The topological polar surface area (TPSA) is 35.8 Å². The molecule has 4 bridgehead atoms. The summed E-state index contributed by atoms with van der Waals surface area (Å²) in [5.41, 5.74) is -0.0225. The second-order valence-corrected chi connectivity index (χ2v) is 8.31. The Morgan fingerprint density at radius 3 is 2.05 bits per heavy atom. The maximum absolute atomic E-state index is 9.89. The van der Waals surface area contributed by atoms with Gasteiger partial charge in [-0.2, -0.15) is 5.26 Å². The van der Waals surface area contributed by atoms with E-state index >= 15 is 0 Å². The summed E-state index contributed by atoms with van der Waals surface area (Å²) in [7, 11) is 0. The third-order valence-corrected chi connectivity index (χ3v) is 7.47. The molecular formula is C18H28N2. The fourth-order valence-corrected chi connectivity index (χ4v) is 6.69. The van der Waals surface area contributed by atoms with Gasteiger partial charge >= 0.3 is 0 Å². The number of hydrogen-bond donors (Lipinski definition) is 1. The average Bonchev–Trinajstić information content (AvgIpc) is 2.46. The van der Waals surface area contributed by atoms with Gasteiger partial charge < -0.3 is 5.32 Å². The van der Waals surface area contributed by atoms with Crippen LogP contribution in [0.15, 0.2) is 0 Å². The van der Waals surface area contributed by atoms with Gasteiger partial charge in [0, 0.05) is 0 Å². The van der Waals surface area contributed by atoms with Gasteiger partial charge in [-0.25, -0.2) is 0 Å². The number of nitrogens with one attached hydrogen (secondary N) is 1. The van der Waals surface area contributed by atoms with Crippen LogP contribution in [0.25, 0.3) is 0 Å². The van der Waals surface area contributed by atoms with Crippen molar-refractivity contribution in [1.82, 2.24) is 5.32 Å². The molecule has 0 aromatic heterocycles. The number of nitriles is 1. The van der Waals surface area contributed by atoms with E-state index in [1.807, 2.05) is 0 Å². The first-order valence-electron chi connectivity index (χ1n) is 8.84. The summed E-state index contributed by atoms with van der Waals surface area (Å²) < 4.78 is 0. The molecule has 2 heteroatoms. The Morgan fingerprint density at radius 1 is 1.00 bits per heavy atom. The molecule has 1 heterocycles. The molecule has 5 fully saturated rings. The first-order valence-corrected chi connectivity index (χ1v) is 8.84. The van der Waals surface area contributed by atoms with Crippen molar-refractivity contribution < 1.29 is 0 Å². The zero-order valence-electron chi connectivity index (χ0n) is 12.8. The Hall–Kier alpha value is -0.550. The SMILES string of the molecule is CC(C1C2CC3CC(C2)CC1C3)C1(C#N)CCNCC1. The van der Waals surface area contributed by atoms with E-state index in [-0.39, 0.29) is 5.41 Å². The normalized spacial score (nSPS) is 46.9. The maximum Gasteiger partial charge on any atom is 0.0693 e. The van der Waals surface area contributed by atoms with E-state index in [1.165, 1.54) is 32.1 Å². The van der Waals surface area contributed by atoms with Crippen molar-refractivity contribution in [2.75, 3.05) is 13.1 Å². The first-order chi connectivity index (χ1) is 9.72. The molecule has 0 aromatic carbocycles. The van der Waals surface area contributed by atoms with Gasteiger partial charge in [0.25, 0.3) is 0 Å². The molecule has 0 spiro atoms. The van der Waals surface area contributed by atoms with Crippen molar-refractivity contribution in [2.45, 2.75) is 51.9 Å². The van der Waals surface area contributed by atoms with Gasteiger partial charge in [-0.1, -0.05) is 6.92 Å². The fourth-order valence-electron chi connectivity index (χ4n) is 6.69. The van der Waals surface area contributed by atoms with E-state index in [1.54, 1.807) is 0 Å². The highest BCUT2D eigenvalue weighted by Crippen LogP contribution is 2.61. The molecule has 1 saturated heterocycles. The molecule has 4 aliphatic carbocycles. The van der Waals surface area contributed by atoms with Gasteiger partial charge in [-0.15, -0.1) is 0 Å². The van der Waals surface area contributed by atoms with Crippen LogP contribution in [0.4, 0.5) is 0 Å². The minimum atomic E-state index is -0.0225. The van der Waals surface area contributed by atoms with Crippen molar-refractivity contribution in [2.24, 2.45) is 40.9 Å². The Kier molecular flexibility index (Phi) is 3.11. The lowest BCUT2D eigenvalue weighted by Crippen LogP contribution is -2.52. The predicted molar refractivity (Wildman–Crippen MR) is 79.8 cm³/mol. The minimum absolute atomic E-state index is 0.0225. The molecule has 4 saturated carbocycles. The van der Waals surface area contributed by atoms with E-state index in [4.69, 9.17) is 0 Å². The largest absolute Gasteiger partial charge is 0.317 e. The van der Waals surface area contributed by atoms with Gasteiger partial charge in [0.05, 0.1) is 11.5 Å². The van der Waals surface area contributed by atoms with Crippen molar-refractivity contribution in [1.29, 1.82) is 5.26 Å². The number of rotatable bonds is 2. The molecule has 1 N–H and O–H groups in total. The monoisotopic (exact) mass is 272 g/mol. The quantitative estimate of drug-likeness (QED) is 0.834. The van der Waals surface area contributed by atoms with E-state index in [2.05, 4.69) is 18.3 Å². The number of nitrogens with zero attached hydrogens (tertiary/aromatic N) is 1. The molecule has 1 unspecified atom stereocenters. The molecule has 20 heavy (non-hydrogen) atoms. The summed E-state index contributed by atoms with van der Waals surface area (Å²) in [5.74, 6) is 5.49. The lowest BCUT2D eigenvalue weighted by molar-refractivity contribution is -0.0815. The maximum atomic E-state index is 9.89. The van der Waals surface area contributed by atoms with Gasteiger partial charge in [-0.3, -0.25) is 0 Å². The highest BCUT2D eigenvalue weighted by atomic mass is 14.9. The van der Waals surface area contributed by atoms with Gasteiger partial charge in [0.15, 0.2) is 0 Å². The zero-order valence-corrected chi connectivity index (χ0v) is 12.8. The Bertz CT molecular complexity index is 388. The smallest absolute Gasteiger partial charge is 0.0693 e. The summed E-state index contributed by atoms with van der Waals surface area (Å²) >= 11 is 0. The average molecular weight is 272 g/mol. The van der Waals surface area contributed by atoms with Crippen LogP contribution in [0, 0.1) is 52.3 Å². The van der Waals surface area contributed by atoms with Crippen molar-refractivity contribution in [3.05, 3.63) is 0 Å². The molecule has 0 amide bonds. The Morgan fingerprint density at radius 2 is 1.55 bits per heavy atom. The van der Waals surface area contributed by atoms with E-state index in [0.717, 1.165) is 55.5 Å². The van der Waals surface area contributed by atoms with Gasteiger partial charge in [0.2, 0.25) is 0 Å². The highest BCUT2D eigenvalue weighted by Gasteiger charge is 2.53. The van der Waals surface area contributed by atoms with Crippen LogP contribution < -0.4 is 5.32 Å². The molecule has 5 rings (SSSR count). The van der Waals surface area contributed by atoms with E-state index in [0.29, 0.717) is 5.92 Å². The van der Waals surface area contributed by atoms with Gasteiger partial charge in [-0.05, 0) is 93.5 Å². The standard InChI is InChI=1S/C18H28N2/c1-12(18(11-19)2-4-20-5-3-18)17-15-7-13-6-14(9-15)10-16(17)8-13/h12-17,20H,2-10H2,1H3. The number of piperidine rings is 1. The second-order valence-electron chi connectivity index (χ2n) is 8.31. The summed E-state index contributed by atoms with van der Waals surface area (Å²) in [4.78, 5) is 0. The second kappa shape index (κ2) is 4.73. The molecule has 2 nitrogen and oxygen atoms in total. The summed E-state index contributed by atoms with van der Waals surface area (Å²) in [6.07, 6.45) is 9.63. The first kappa shape index (κ1) is 13.1. The Labute approximate surface area is 123 Å². The fraction of sp³-hybridized carbons (Fsp3) is 0.944. The summed E-state index contributed by atoms with van der Waals surface area (Å²) in [5, 5.41) is 13.3. The van der Waals surface area contributed by atoms with Crippen LogP contribution in [0.3, 0.4) is 0 Å². The number of hydrogen-bond acceptors (Lipinski definition) is 2. The summed E-state index contributed by atoms with van der Waals surface area (Å²) in [6.45, 7) is 4.53. The highest BCUT2D eigenvalue weighted by molar-refractivity contribution is 5.10. The van der Waals surface area contributed by atoms with Crippen LogP contribution in [-0.4, -0.2) is 13.1 Å². The van der Waals surface area contributed by atoms with E-state index < -0.39 is 0 Å². The lowest BCUT2D eigenvalue weighted by Gasteiger charge is -2.58. The van der Waals surface area contributed by atoms with Crippen molar-refractivity contribution in [3.8, 4) is 6.07 Å². The van der Waals surface area contributed by atoms with Crippen LogP contribution in [-0.2, 0) is 0 Å². The molecule has 0 aromatic rings.